The molecule has 0 radical (unpaired) electrons. The molecule has 1 amide bonds. The van der Waals surface area contributed by atoms with Crippen LogP contribution in [0, 0.1) is 17.1 Å². The molecule has 1 saturated heterocycles. The second-order valence-electron chi connectivity index (χ2n) is 11.6. The Hall–Kier alpha value is -4.22. The Bertz CT molecular complexity index is 1740. The van der Waals surface area contributed by atoms with E-state index in [2.05, 4.69) is 14.6 Å². The van der Waals surface area contributed by atoms with Crippen molar-refractivity contribution in [3.05, 3.63) is 58.4 Å². The first-order valence-corrected chi connectivity index (χ1v) is 15.9. The molecule has 2 aromatic carbocycles. The van der Waals surface area contributed by atoms with Crippen molar-refractivity contribution in [1.82, 2.24) is 19.4 Å². The quantitative estimate of drug-likeness (QED) is 0.367. The number of rotatable bonds is 9. The monoisotopic (exact) mass is 628 g/mol. The van der Waals surface area contributed by atoms with Gasteiger partial charge in [0.15, 0.2) is 11.6 Å². The lowest BCUT2D eigenvalue weighted by atomic mass is 10.1. The zero-order valence-corrected chi connectivity index (χ0v) is 26.3. The van der Waals surface area contributed by atoms with Gasteiger partial charge in [-0.3, -0.25) is 19.0 Å². The maximum atomic E-state index is 14.9. The highest BCUT2D eigenvalue weighted by Crippen LogP contribution is 2.34. The highest BCUT2D eigenvalue weighted by Gasteiger charge is 2.26. The molecule has 1 atom stereocenters. The number of hydrogen-bond donors (Lipinski definition) is 1. The summed E-state index contributed by atoms with van der Waals surface area (Å²) < 4.78 is 55.0. The summed E-state index contributed by atoms with van der Waals surface area (Å²) in [6.07, 6.45) is 1.46. The number of sulfonamides is 1. The van der Waals surface area contributed by atoms with E-state index in [4.69, 9.17) is 9.47 Å². The molecular formula is C30H37FN6O6S. The average Bonchev–Trinajstić information content (AvgIpc) is 2.97. The van der Waals surface area contributed by atoms with E-state index in [1.54, 1.807) is 17.9 Å². The molecule has 4 rings (SSSR count). The Balaban J connectivity index is 1.49. The topological polar surface area (TPSA) is 147 Å². The van der Waals surface area contributed by atoms with Crippen molar-refractivity contribution in [3.8, 4) is 17.6 Å². The summed E-state index contributed by atoms with van der Waals surface area (Å²) in [5, 5.41) is 9.27. The Kier molecular flexibility index (Phi) is 9.80. The van der Waals surface area contributed by atoms with Gasteiger partial charge in [-0.25, -0.2) is 22.6 Å². The summed E-state index contributed by atoms with van der Waals surface area (Å²) >= 11 is 0. The first kappa shape index (κ1) is 32.7. The third kappa shape index (κ3) is 7.64. The van der Waals surface area contributed by atoms with E-state index in [0.717, 1.165) is 6.07 Å². The van der Waals surface area contributed by atoms with Crippen molar-refractivity contribution in [1.29, 1.82) is 5.26 Å². The molecule has 3 aromatic rings. The number of halogens is 1. The number of carbonyl (C=O) groups is 1. The summed E-state index contributed by atoms with van der Waals surface area (Å²) in [5.41, 5.74) is -0.926. The van der Waals surface area contributed by atoms with E-state index in [1.807, 2.05) is 26.8 Å². The van der Waals surface area contributed by atoms with Crippen molar-refractivity contribution in [2.24, 2.45) is 0 Å². The number of benzene rings is 2. The molecule has 1 fully saturated rings. The van der Waals surface area contributed by atoms with Crippen LogP contribution in [0.3, 0.4) is 0 Å². The van der Waals surface area contributed by atoms with Crippen LogP contribution in [0.1, 0.15) is 46.6 Å². The smallest absolute Gasteiger partial charge is 0.410 e. The number of nitriles is 1. The van der Waals surface area contributed by atoms with E-state index < -0.39 is 32.4 Å². The Morgan fingerprint density at radius 3 is 2.50 bits per heavy atom. The van der Waals surface area contributed by atoms with Crippen LogP contribution in [0.2, 0.25) is 0 Å². The molecule has 0 spiro atoms. The first-order chi connectivity index (χ1) is 20.7. The van der Waals surface area contributed by atoms with Crippen molar-refractivity contribution >= 4 is 32.7 Å². The first-order valence-electron chi connectivity index (χ1n) is 14.3. The van der Waals surface area contributed by atoms with Crippen molar-refractivity contribution < 1.29 is 27.1 Å². The van der Waals surface area contributed by atoms with Crippen LogP contribution < -0.4 is 15.0 Å². The van der Waals surface area contributed by atoms with E-state index in [9.17, 15) is 27.7 Å². The molecule has 0 saturated carbocycles. The average molecular weight is 629 g/mol. The van der Waals surface area contributed by atoms with E-state index in [-0.39, 0.29) is 34.0 Å². The lowest BCUT2D eigenvalue weighted by molar-refractivity contribution is 0.0142. The van der Waals surface area contributed by atoms with Crippen molar-refractivity contribution in [2.45, 2.75) is 58.4 Å². The largest absolute Gasteiger partial charge is 0.453 e. The molecule has 12 nitrogen and oxygen atoms in total. The minimum Gasteiger partial charge on any atom is -0.453 e. The molecular weight excluding hydrogens is 591 g/mol. The third-order valence-electron chi connectivity index (χ3n) is 7.27. The number of amides is 1. The van der Waals surface area contributed by atoms with Crippen molar-refractivity contribution in [2.75, 3.05) is 37.4 Å². The van der Waals surface area contributed by atoms with Crippen LogP contribution in [0.5, 0.6) is 11.5 Å². The molecule has 236 valence electrons. The molecule has 0 bridgehead atoms. The van der Waals surface area contributed by atoms with Crippen LogP contribution in [0.15, 0.2) is 41.5 Å². The predicted octanol–water partition coefficient (Wildman–Crippen LogP) is 4.29. The second-order valence-corrected chi connectivity index (χ2v) is 13.7. The van der Waals surface area contributed by atoms with Crippen LogP contribution in [0.4, 0.5) is 14.9 Å². The minimum absolute atomic E-state index is 0.0738. The van der Waals surface area contributed by atoms with E-state index in [0.29, 0.717) is 51.2 Å². The molecule has 0 aliphatic carbocycles. The Labute approximate surface area is 256 Å². The second kappa shape index (κ2) is 13.2. The standard InChI is InChI=1S/C30H37FN6O6S/c1-6-20(2)44(40,41)34-26-10-8-24(31)27(23(26)18-32)42-21-7-9-25-22(17-21)28(38)37(19-33-25)16-13-35-11-14-36(15-12-35)29(39)43-30(3,4)5/h7-10,17,19-20,34H,6,11-16H2,1-5H3. The molecule has 1 N–H and O–H groups in total. The maximum absolute atomic E-state index is 14.9. The molecule has 44 heavy (non-hydrogen) atoms. The number of nitrogens with zero attached hydrogens (tertiary/aromatic N) is 5. The van der Waals surface area contributed by atoms with Gasteiger partial charge >= 0.3 is 6.09 Å². The SMILES string of the molecule is CCC(C)S(=O)(=O)Nc1ccc(F)c(Oc2ccc3ncn(CCN4CCN(C(=O)OC(C)(C)C)CC4)c(=O)c3c2)c1C#N. The Morgan fingerprint density at radius 1 is 1.16 bits per heavy atom. The number of piperazine rings is 1. The number of nitrogens with one attached hydrogen (secondary N) is 1. The molecule has 14 heteroatoms. The summed E-state index contributed by atoms with van der Waals surface area (Å²) in [6, 6.07) is 8.45. The van der Waals surface area contributed by atoms with Gasteiger partial charge in [-0.05, 0) is 64.4 Å². The van der Waals surface area contributed by atoms with Gasteiger partial charge in [-0.15, -0.1) is 0 Å². The molecule has 1 aromatic heterocycles. The van der Waals surface area contributed by atoms with Gasteiger partial charge in [-0.2, -0.15) is 5.26 Å². The van der Waals surface area contributed by atoms with Crippen LogP contribution in [-0.2, 0) is 21.3 Å². The lowest BCUT2D eigenvalue weighted by Gasteiger charge is -2.35. The summed E-state index contributed by atoms with van der Waals surface area (Å²) in [6.45, 7) is 11.9. The predicted molar refractivity (Wildman–Crippen MR) is 164 cm³/mol. The normalized spacial score (nSPS) is 15.1. The van der Waals surface area contributed by atoms with Gasteiger partial charge in [0.1, 0.15) is 23.0 Å². The fourth-order valence-corrected chi connectivity index (χ4v) is 5.65. The fourth-order valence-electron chi connectivity index (χ4n) is 4.53. The summed E-state index contributed by atoms with van der Waals surface area (Å²) in [5.74, 6) is -1.26. The van der Waals surface area contributed by atoms with Gasteiger partial charge in [0.25, 0.3) is 5.56 Å². The molecule has 1 aliphatic rings. The number of hydrogen-bond acceptors (Lipinski definition) is 9. The Morgan fingerprint density at radius 2 is 1.86 bits per heavy atom. The van der Waals surface area contributed by atoms with E-state index >= 15 is 0 Å². The summed E-state index contributed by atoms with van der Waals surface area (Å²) in [7, 11) is -3.82. The number of carbonyl (C=O) groups excluding carboxylic acids is 1. The van der Waals surface area contributed by atoms with Gasteiger partial charge in [-0.1, -0.05) is 6.92 Å². The molecule has 2 heterocycles. The number of fused-ring (bicyclic) bond motifs is 1. The number of aromatic nitrogens is 2. The van der Waals surface area contributed by atoms with Gasteiger partial charge in [0.2, 0.25) is 10.0 Å². The maximum Gasteiger partial charge on any atom is 0.410 e. The fraction of sp³-hybridized carbons (Fsp3) is 0.467. The molecule has 1 unspecified atom stereocenters. The highest BCUT2D eigenvalue weighted by atomic mass is 32.2. The van der Waals surface area contributed by atoms with Crippen molar-refractivity contribution in [3.63, 3.8) is 0 Å². The van der Waals surface area contributed by atoms with Gasteiger partial charge in [0.05, 0.1) is 28.2 Å². The van der Waals surface area contributed by atoms with Crippen LogP contribution in [0.25, 0.3) is 10.9 Å². The van der Waals surface area contributed by atoms with Gasteiger partial charge < -0.3 is 14.4 Å². The van der Waals surface area contributed by atoms with Crippen LogP contribution >= 0.6 is 0 Å². The zero-order chi connectivity index (χ0) is 32.2. The minimum atomic E-state index is -3.82. The van der Waals surface area contributed by atoms with Gasteiger partial charge in [0, 0.05) is 39.3 Å². The lowest BCUT2D eigenvalue weighted by Crippen LogP contribution is -2.50. The summed E-state index contributed by atoms with van der Waals surface area (Å²) in [4.78, 5) is 33.9. The number of ether oxygens (including phenoxy) is 2. The van der Waals surface area contributed by atoms with E-state index in [1.165, 1.54) is 36.0 Å². The number of anilines is 1. The zero-order valence-electron chi connectivity index (χ0n) is 25.5. The van der Waals surface area contributed by atoms with Crippen LogP contribution in [-0.4, -0.2) is 77.4 Å². The molecule has 1 aliphatic heterocycles. The highest BCUT2D eigenvalue weighted by molar-refractivity contribution is 7.93. The third-order valence-corrected chi connectivity index (χ3v) is 9.17.